The van der Waals surface area contributed by atoms with Crippen molar-refractivity contribution in [3.8, 4) is 0 Å². The van der Waals surface area contributed by atoms with E-state index in [4.69, 9.17) is 22.2 Å². The zero-order chi connectivity index (χ0) is 17.4. The summed E-state index contributed by atoms with van der Waals surface area (Å²) in [7, 11) is 0. The Bertz CT molecular complexity index is 670. The molecule has 2 rings (SSSR count). The van der Waals surface area contributed by atoms with Gasteiger partial charge in [-0.15, -0.1) is 0 Å². The van der Waals surface area contributed by atoms with Crippen LogP contribution in [0.4, 0.5) is 0 Å². The van der Waals surface area contributed by atoms with Gasteiger partial charge in [0.05, 0.1) is 12.4 Å². The number of hydrogen-bond donors (Lipinski definition) is 2. The summed E-state index contributed by atoms with van der Waals surface area (Å²) in [6, 6.07) is 7.29. The van der Waals surface area contributed by atoms with Gasteiger partial charge in [0.15, 0.2) is 12.4 Å². The number of carbonyl (C=O) groups excluding carboxylic acids is 1. The summed E-state index contributed by atoms with van der Waals surface area (Å²) in [5.74, 6) is 0.0118. The molecule has 128 valence electrons. The van der Waals surface area contributed by atoms with Gasteiger partial charge in [0.25, 0.3) is 5.91 Å². The Balaban J connectivity index is 1.67. The second-order valence-electron chi connectivity index (χ2n) is 5.20. The minimum Gasteiger partial charge on any atom is -0.384 e. The van der Waals surface area contributed by atoms with E-state index in [-0.39, 0.29) is 24.4 Å². The number of hydrogen-bond acceptors (Lipinski definition) is 4. The van der Waals surface area contributed by atoms with Gasteiger partial charge in [-0.3, -0.25) is 4.79 Å². The standard InChI is InChI=1S/C16H20ClN5O2/c1-12(22-9-8-19-11-22)16(18)21-24-10-15(23)20-7-6-13-2-4-14(17)5-3-13/h2-5,8-9,11-12H,6-7,10H2,1H3,(H2,18,21)(H,20,23)/t12-/m1/s1. The maximum absolute atomic E-state index is 11.7. The summed E-state index contributed by atoms with van der Waals surface area (Å²) in [6.07, 6.45) is 5.78. The lowest BCUT2D eigenvalue weighted by molar-refractivity contribution is -0.125. The molecule has 1 heterocycles. The summed E-state index contributed by atoms with van der Waals surface area (Å²) < 4.78 is 1.79. The molecule has 0 spiro atoms. The zero-order valence-corrected chi connectivity index (χ0v) is 14.1. The molecule has 0 fully saturated rings. The molecule has 1 amide bonds. The summed E-state index contributed by atoms with van der Waals surface area (Å²) in [5.41, 5.74) is 6.91. The third kappa shape index (κ3) is 5.58. The number of carbonyl (C=O) groups is 1. The van der Waals surface area contributed by atoms with Crippen LogP contribution in [0.2, 0.25) is 5.02 Å². The van der Waals surface area contributed by atoms with Crippen LogP contribution in [0.5, 0.6) is 0 Å². The monoisotopic (exact) mass is 349 g/mol. The smallest absolute Gasteiger partial charge is 0.260 e. The molecular weight excluding hydrogens is 330 g/mol. The lowest BCUT2D eigenvalue weighted by Crippen LogP contribution is -2.30. The predicted molar refractivity (Wildman–Crippen MR) is 92.7 cm³/mol. The number of halogens is 1. The van der Waals surface area contributed by atoms with Crippen molar-refractivity contribution in [1.29, 1.82) is 0 Å². The van der Waals surface area contributed by atoms with Crippen molar-refractivity contribution in [1.82, 2.24) is 14.9 Å². The maximum Gasteiger partial charge on any atom is 0.260 e. The first-order chi connectivity index (χ1) is 11.6. The molecule has 1 aromatic heterocycles. The minimum atomic E-state index is -0.254. The predicted octanol–water partition coefficient (Wildman–Crippen LogP) is 1.75. The van der Waals surface area contributed by atoms with Crippen LogP contribution in [0.25, 0.3) is 0 Å². The quantitative estimate of drug-likeness (QED) is 0.431. The largest absolute Gasteiger partial charge is 0.384 e. The Morgan fingerprint density at radius 1 is 1.46 bits per heavy atom. The van der Waals surface area contributed by atoms with Crippen LogP contribution in [-0.4, -0.2) is 34.4 Å². The number of rotatable bonds is 8. The summed E-state index contributed by atoms with van der Waals surface area (Å²) in [6.45, 7) is 2.18. The fourth-order valence-electron chi connectivity index (χ4n) is 1.94. The van der Waals surface area contributed by atoms with Crippen LogP contribution >= 0.6 is 11.6 Å². The van der Waals surface area contributed by atoms with Gasteiger partial charge >= 0.3 is 0 Å². The first kappa shape index (κ1) is 17.8. The molecule has 24 heavy (non-hydrogen) atoms. The molecule has 0 aliphatic carbocycles. The second kappa shape index (κ2) is 8.93. The third-order valence-electron chi connectivity index (χ3n) is 3.41. The molecule has 8 heteroatoms. The number of benzene rings is 1. The van der Waals surface area contributed by atoms with E-state index in [9.17, 15) is 4.79 Å². The highest BCUT2D eigenvalue weighted by Gasteiger charge is 2.09. The fourth-order valence-corrected chi connectivity index (χ4v) is 2.07. The van der Waals surface area contributed by atoms with Crippen LogP contribution in [0.1, 0.15) is 18.5 Å². The summed E-state index contributed by atoms with van der Waals surface area (Å²) >= 11 is 5.82. The molecule has 0 aliphatic rings. The molecule has 0 bridgehead atoms. The number of oxime groups is 1. The lowest BCUT2D eigenvalue weighted by Gasteiger charge is -2.11. The van der Waals surface area contributed by atoms with E-state index in [1.54, 1.807) is 23.3 Å². The summed E-state index contributed by atoms with van der Waals surface area (Å²) in [4.78, 5) is 20.6. The lowest BCUT2D eigenvalue weighted by atomic mass is 10.1. The van der Waals surface area contributed by atoms with Crippen LogP contribution in [0.3, 0.4) is 0 Å². The average Bonchev–Trinajstić information content (AvgIpc) is 3.10. The van der Waals surface area contributed by atoms with Crippen LogP contribution in [-0.2, 0) is 16.1 Å². The summed E-state index contributed by atoms with van der Waals surface area (Å²) in [5, 5.41) is 7.21. The van der Waals surface area contributed by atoms with Gasteiger partial charge in [-0.2, -0.15) is 0 Å². The van der Waals surface area contributed by atoms with Crippen LogP contribution in [0.15, 0.2) is 48.1 Å². The molecule has 0 saturated carbocycles. The van der Waals surface area contributed by atoms with Gasteiger partial charge in [-0.1, -0.05) is 28.9 Å². The topological polar surface area (TPSA) is 94.5 Å². The van der Waals surface area contributed by atoms with Crippen LogP contribution in [0, 0.1) is 0 Å². The maximum atomic E-state index is 11.7. The van der Waals surface area contributed by atoms with Crippen molar-refractivity contribution in [2.75, 3.05) is 13.2 Å². The Kier molecular flexibility index (Phi) is 6.62. The van der Waals surface area contributed by atoms with Crippen LogP contribution < -0.4 is 11.1 Å². The number of amides is 1. The van der Waals surface area contributed by atoms with E-state index < -0.39 is 0 Å². The van der Waals surface area contributed by atoms with E-state index in [2.05, 4.69) is 15.5 Å². The van der Waals surface area contributed by atoms with E-state index in [0.29, 0.717) is 18.0 Å². The van der Waals surface area contributed by atoms with Gasteiger partial charge in [-0.25, -0.2) is 4.98 Å². The Morgan fingerprint density at radius 2 is 2.21 bits per heavy atom. The van der Waals surface area contributed by atoms with Gasteiger partial charge in [0.2, 0.25) is 0 Å². The molecule has 7 nitrogen and oxygen atoms in total. The molecule has 1 atom stereocenters. The number of nitrogens with one attached hydrogen (secondary N) is 1. The molecule has 0 radical (unpaired) electrons. The first-order valence-electron chi connectivity index (χ1n) is 7.50. The molecule has 0 unspecified atom stereocenters. The van der Waals surface area contributed by atoms with E-state index >= 15 is 0 Å². The van der Waals surface area contributed by atoms with Gasteiger partial charge in [-0.05, 0) is 31.0 Å². The molecule has 0 saturated heterocycles. The Labute approximate surface area is 145 Å². The third-order valence-corrected chi connectivity index (χ3v) is 3.67. The molecule has 1 aromatic carbocycles. The Hall–Kier alpha value is -2.54. The van der Waals surface area contributed by atoms with Crippen molar-refractivity contribution >= 4 is 23.3 Å². The number of nitrogens with zero attached hydrogens (tertiary/aromatic N) is 3. The van der Waals surface area contributed by atoms with Crippen molar-refractivity contribution in [2.24, 2.45) is 10.9 Å². The number of imidazole rings is 1. The second-order valence-corrected chi connectivity index (χ2v) is 5.64. The fraction of sp³-hybridized carbons (Fsp3) is 0.312. The van der Waals surface area contributed by atoms with Crippen molar-refractivity contribution in [2.45, 2.75) is 19.4 Å². The van der Waals surface area contributed by atoms with E-state index in [1.807, 2.05) is 31.2 Å². The molecule has 0 aliphatic heterocycles. The van der Waals surface area contributed by atoms with Crippen molar-refractivity contribution in [3.05, 3.63) is 53.6 Å². The zero-order valence-electron chi connectivity index (χ0n) is 13.4. The molecule has 2 aromatic rings. The average molecular weight is 350 g/mol. The Morgan fingerprint density at radius 3 is 2.88 bits per heavy atom. The van der Waals surface area contributed by atoms with Gasteiger partial charge < -0.3 is 20.5 Å². The van der Waals surface area contributed by atoms with E-state index in [0.717, 1.165) is 5.56 Å². The number of aromatic nitrogens is 2. The van der Waals surface area contributed by atoms with Crippen molar-refractivity contribution < 1.29 is 9.63 Å². The number of nitrogens with two attached hydrogens (primary N) is 1. The van der Waals surface area contributed by atoms with Gasteiger partial charge in [0, 0.05) is 24.0 Å². The minimum absolute atomic E-state index is 0.183. The molecular formula is C16H20ClN5O2. The van der Waals surface area contributed by atoms with E-state index in [1.165, 1.54) is 0 Å². The first-order valence-corrected chi connectivity index (χ1v) is 7.88. The highest BCUT2D eigenvalue weighted by atomic mass is 35.5. The highest BCUT2D eigenvalue weighted by Crippen LogP contribution is 2.09. The van der Waals surface area contributed by atoms with Crippen molar-refractivity contribution in [3.63, 3.8) is 0 Å². The van der Waals surface area contributed by atoms with Gasteiger partial charge in [0.1, 0.15) is 0 Å². The SMILES string of the molecule is C[C@H](/C(N)=N\OCC(=O)NCCc1ccc(Cl)cc1)n1ccnc1. The normalized spacial score (nSPS) is 12.7. The number of amidine groups is 1. The molecule has 3 N–H and O–H groups in total. The highest BCUT2D eigenvalue weighted by molar-refractivity contribution is 6.30.